The smallest absolute Gasteiger partial charge is 0.229 e. The highest BCUT2D eigenvalue weighted by molar-refractivity contribution is 6.48. The molecule has 0 spiro atoms. The highest BCUT2D eigenvalue weighted by atomic mass is 28.3. The summed E-state index contributed by atoms with van der Waals surface area (Å²) in [7, 11) is -1.22. The summed E-state index contributed by atoms with van der Waals surface area (Å²) in [5.41, 5.74) is 2.05. The molecule has 1 fully saturated rings. The first-order chi connectivity index (χ1) is 14.2. The van der Waals surface area contributed by atoms with Crippen LogP contribution < -0.4 is 0 Å². The van der Waals surface area contributed by atoms with Gasteiger partial charge in [-0.3, -0.25) is 4.79 Å². The van der Waals surface area contributed by atoms with Crippen LogP contribution in [-0.2, 0) is 22.2 Å². The van der Waals surface area contributed by atoms with Crippen molar-refractivity contribution >= 4 is 14.9 Å². The van der Waals surface area contributed by atoms with Gasteiger partial charge in [-0.25, -0.2) is 0 Å². The summed E-state index contributed by atoms with van der Waals surface area (Å²) < 4.78 is 6.51. The van der Waals surface area contributed by atoms with Crippen LogP contribution in [0.5, 0.6) is 0 Å². The fourth-order valence-electron chi connectivity index (χ4n) is 4.50. The average molecular weight is 424 g/mol. The zero-order valence-electron chi connectivity index (χ0n) is 19.2. The van der Waals surface area contributed by atoms with Crippen molar-refractivity contribution in [3.8, 4) is 0 Å². The SMILES string of the molecule is C[SiH](C)OC(CC1(Cc2ccccc2)CCN(Cc2ccccc2)C1=O)C(C)(C)C. The molecule has 2 unspecified atom stereocenters. The van der Waals surface area contributed by atoms with Crippen LogP contribution in [0.3, 0.4) is 0 Å². The number of carbonyl (C=O) groups is 1. The molecule has 4 heteroatoms. The topological polar surface area (TPSA) is 29.5 Å². The van der Waals surface area contributed by atoms with Crippen molar-refractivity contribution < 1.29 is 9.22 Å². The van der Waals surface area contributed by atoms with Crippen molar-refractivity contribution in [2.24, 2.45) is 10.8 Å². The first-order valence-corrected chi connectivity index (χ1v) is 14.0. The van der Waals surface area contributed by atoms with E-state index in [0.717, 1.165) is 25.8 Å². The van der Waals surface area contributed by atoms with E-state index in [1.807, 2.05) is 24.3 Å². The Hall–Kier alpha value is -1.91. The van der Waals surface area contributed by atoms with Gasteiger partial charge in [0.25, 0.3) is 0 Å². The fourth-order valence-corrected chi connectivity index (χ4v) is 5.66. The Bertz CT molecular complexity index is 816. The molecule has 3 nitrogen and oxygen atoms in total. The van der Waals surface area contributed by atoms with Crippen LogP contribution in [0.2, 0.25) is 13.1 Å². The fraction of sp³-hybridized carbons (Fsp3) is 0.500. The van der Waals surface area contributed by atoms with Crippen LogP contribution >= 0.6 is 0 Å². The summed E-state index contributed by atoms with van der Waals surface area (Å²) in [6.45, 7) is 12.7. The van der Waals surface area contributed by atoms with Gasteiger partial charge in [0.05, 0.1) is 11.5 Å². The van der Waals surface area contributed by atoms with Crippen molar-refractivity contribution in [3.63, 3.8) is 0 Å². The third-order valence-electron chi connectivity index (χ3n) is 6.18. The number of amides is 1. The number of hydrogen-bond acceptors (Lipinski definition) is 2. The van der Waals surface area contributed by atoms with Crippen LogP contribution in [-0.4, -0.2) is 32.5 Å². The molecule has 30 heavy (non-hydrogen) atoms. The molecule has 3 rings (SSSR count). The molecule has 2 aromatic carbocycles. The highest BCUT2D eigenvalue weighted by Gasteiger charge is 2.49. The minimum Gasteiger partial charge on any atom is -0.417 e. The van der Waals surface area contributed by atoms with E-state index in [4.69, 9.17) is 4.43 Å². The molecule has 162 valence electrons. The Balaban J connectivity index is 1.89. The summed E-state index contributed by atoms with van der Waals surface area (Å²) in [6, 6.07) is 20.8. The number of benzene rings is 2. The lowest BCUT2D eigenvalue weighted by Crippen LogP contribution is -2.43. The molecule has 1 amide bonds. The molecule has 1 aliphatic rings. The van der Waals surface area contributed by atoms with Crippen LogP contribution in [0, 0.1) is 10.8 Å². The Kier molecular flexibility index (Phi) is 7.20. The van der Waals surface area contributed by atoms with Crippen molar-refractivity contribution in [2.45, 2.75) is 65.8 Å². The van der Waals surface area contributed by atoms with Gasteiger partial charge in [-0.1, -0.05) is 81.4 Å². The van der Waals surface area contributed by atoms with Gasteiger partial charge in [0.15, 0.2) is 9.04 Å². The van der Waals surface area contributed by atoms with E-state index in [0.29, 0.717) is 12.5 Å². The number of likely N-dealkylation sites (tertiary alicyclic amines) is 1. The van der Waals surface area contributed by atoms with E-state index >= 15 is 0 Å². The number of carbonyl (C=O) groups excluding carboxylic acids is 1. The second-order valence-electron chi connectivity index (χ2n) is 10.1. The molecule has 0 saturated carbocycles. The third kappa shape index (κ3) is 5.61. The molecule has 2 atom stereocenters. The lowest BCUT2D eigenvalue weighted by molar-refractivity contribution is -0.138. The minimum absolute atomic E-state index is 0.00802. The van der Waals surface area contributed by atoms with Gasteiger partial charge in [0.1, 0.15) is 0 Å². The maximum absolute atomic E-state index is 13.9. The predicted molar refractivity (Wildman–Crippen MR) is 127 cm³/mol. The number of hydrogen-bond donors (Lipinski definition) is 0. The minimum atomic E-state index is -1.22. The molecule has 0 radical (unpaired) electrons. The Morgan fingerprint density at radius 2 is 1.57 bits per heavy atom. The van der Waals surface area contributed by atoms with E-state index in [1.54, 1.807) is 0 Å². The summed E-state index contributed by atoms with van der Waals surface area (Å²) >= 11 is 0. The summed E-state index contributed by atoms with van der Waals surface area (Å²) in [4.78, 5) is 15.9. The van der Waals surface area contributed by atoms with Gasteiger partial charge < -0.3 is 9.33 Å². The summed E-state index contributed by atoms with van der Waals surface area (Å²) in [5, 5.41) is 0. The first-order valence-electron chi connectivity index (χ1n) is 11.2. The molecular weight excluding hydrogens is 386 g/mol. The second kappa shape index (κ2) is 9.48. The Morgan fingerprint density at radius 3 is 2.10 bits per heavy atom. The molecule has 1 heterocycles. The second-order valence-corrected chi connectivity index (χ2v) is 12.5. The van der Waals surface area contributed by atoms with E-state index in [1.165, 1.54) is 11.1 Å². The number of nitrogens with zero attached hydrogens (tertiary/aromatic N) is 1. The predicted octanol–water partition coefficient (Wildman–Crippen LogP) is 5.45. The van der Waals surface area contributed by atoms with Crippen molar-refractivity contribution in [1.29, 1.82) is 0 Å². The van der Waals surface area contributed by atoms with Gasteiger partial charge in [-0.05, 0) is 48.9 Å². The van der Waals surface area contributed by atoms with E-state index in [9.17, 15) is 4.79 Å². The monoisotopic (exact) mass is 423 g/mol. The lowest BCUT2D eigenvalue weighted by Gasteiger charge is -2.39. The zero-order valence-corrected chi connectivity index (χ0v) is 20.4. The van der Waals surface area contributed by atoms with Gasteiger partial charge in [0.2, 0.25) is 5.91 Å². The molecule has 0 bridgehead atoms. The van der Waals surface area contributed by atoms with E-state index in [-0.39, 0.29) is 11.5 Å². The maximum Gasteiger partial charge on any atom is 0.229 e. The number of rotatable bonds is 8. The molecule has 1 saturated heterocycles. The Labute approximate surface area is 184 Å². The highest BCUT2D eigenvalue weighted by Crippen LogP contribution is 2.44. The third-order valence-corrected chi connectivity index (χ3v) is 7.05. The van der Waals surface area contributed by atoms with E-state index < -0.39 is 14.5 Å². The van der Waals surface area contributed by atoms with Crippen molar-refractivity contribution in [2.75, 3.05) is 6.54 Å². The van der Waals surface area contributed by atoms with Crippen LogP contribution in [0.4, 0.5) is 0 Å². The Morgan fingerprint density at radius 1 is 1.00 bits per heavy atom. The molecule has 1 aliphatic heterocycles. The molecule has 0 N–H and O–H groups in total. The summed E-state index contributed by atoms with van der Waals surface area (Å²) in [6.07, 6.45) is 2.56. The van der Waals surface area contributed by atoms with Gasteiger partial charge in [-0.15, -0.1) is 0 Å². The molecule has 0 aromatic heterocycles. The normalized spacial score (nSPS) is 20.7. The van der Waals surface area contributed by atoms with Crippen molar-refractivity contribution in [3.05, 3.63) is 71.8 Å². The van der Waals surface area contributed by atoms with Crippen LogP contribution in [0.25, 0.3) is 0 Å². The van der Waals surface area contributed by atoms with Crippen molar-refractivity contribution in [1.82, 2.24) is 4.90 Å². The largest absolute Gasteiger partial charge is 0.417 e. The van der Waals surface area contributed by atoms with Crippen LogP contribution in [0.15, 0.2) is 60.7 Å². The van der Waals surface area contributed by atoms with E-state index in [2.05, 4.69) is 75.2 Å². The quantitative estimate of drug-likeness (QED) is 0.528. The summed E-state index contributed by atoms with van der Waals surface area (Å²) in [5.74, 6) is 0.290. The molecule has 0 aliphatic carbocycles. The van der Waals surface area contributed by atoms with Gasteiger partial charge >= 0.3 is 0 Å². The van der Waals surface area contributed by atoms with Gasteiger partial charge in [-0.2, -0.15) is 0 Å². The maximum atomic E-state index is 13.9. The molecular formula is C26H37NO2Si. The van der Waals surface area contributed by atoms with Crippen LogP contribution in [0.1, 0.15) is 44.7 Å². The molecule has 2 aromatic rings. The first kappa shape index (κ1) is 22.8. The average Bonchev–Trinajstić information content (AvgIpc) is 2.98. The standard InChI is InChI=1S/C26H37NO2Si/c1-25(2,3)23(29-30(4)5)19-26(18-21-12-8-6-9-13-21)16-17-27(24(26)28)20-22-14-10-7-11-15-22/h6-15,23,30H,16-20H2,1-5H3. The lowest BCUT2D eigenvalue weighted by atomic mass is 9.71. The van der Waals surface area contributed by atoms with Gasteiger partial charge in [0, 0.05) is 13.1 Å². The zero-order chi connectivity index (χ0) is 21.8.